The van der Waals surface area contributed by atoms with Crippen molar-refractivity contribution in [1.82, 2.24) is 4.90 Å². The molecule has 132 valence electrons. The zero-order chi connectivity index (χ0) is 17.8. The van der Waals surface area contributed by atoms with E-state index in [1.807, 2.05) is 35.2 Å². The molecule has 0 spiro atoms. The van der Waals surface area contributed by atoms with Crippen LogP contribution in [0.4, 0.5) is 0 Å². The SMILES string of the molecule is COCc1ccc(C(=O)N2CC[C@@H](Cc3cccc(C(N)=O)c3)C2)s1. The number of carbonyl (C=O) groups excluding carboxylic acids is 2. The van der Waals surface area contributed by atoms with Gasteiger partial charge in [-0.05, 0) is 48.6 Å². The van der Waals surface area contributed by atoms with Crippen LogP contribution in [0, 0.1) is 5.92 Å². The van der Waals surface area contributed by atoms with Gasteiger partial charge in [0.05, 0.1) is 11.5 Å². The number of nitrogens with zero attached hydrogens (tertiary/aromatic N) is 1. The Kier molecular flexibility index (Phi) is 5.50. The van der Waals surface area contributed by atoms with E-state index >= 15 is 0 Å². The van der Waals surface area contributed by atoms with Crippen LogP contribution in [0.25, 0.3) is 0 Å². The van der Waals surface area contributed by atoms with Crippen LogP contribution < -0.4 is 5.73 Å². The minimum absolute atomic E-state index is 0.0979. The Hall–Kier alpha value is -2.18. The minimum Gasteiger partial charge on any atom is -0.379 e. The number of carbonyl (C=O) groups is 2. The summed E-state index contributed by atoms with van der Waals surface area (Å²) in [5, 5.41) is 0. The highest BCUT2D eigenvalue weighted by atomic mass is 32.1. The molecule has 6 heteroatoms. The highest BCUT2D eigenvalue weighted by molar-refractivity contribution is 7.14. The summed E-state index contributed by atoms with van der Waals surface area (Å²) in [5.41, 5.74) is 6.97. The van der Waals surface area contributed by atoms with Crippen LogP contribution in [0.15, 0.2) is 36.4 Å². The number of amides is 2. The summed E-state index contributed by atoms with van der Waals surface area (Å²) >= 11 is 1.50. The fourth-order valence-electron chi connectivity index (χ4n) is 3.24. The molecule has 1 aliphatic heterocycles. The fourth-order valence-corrected chi connectivity index (χ4v) is 4.18. The molecule has 1 fully saturated rings. The number of likely N-dealkylation sites (tertiary alicyclic amines) is 1. The van der Waals surface area contributed by atoms with Crippen molar-refractivity contribution in [3.8, 4) is 0 Å². The molecule has 0 radical (unpaired) electrons. The lowest BCUT2D eigenvalue weighted by atomic mass is 9.97. The second-order valence-electron chi connectivity index (χ2n) is 6.37. The number of hydrogen-bond donors (Lipinski definition) is 1. The summed E-state index contributed by atoms with van der Waals surface area (Å²) in [6.07, 6.45) is 1.83. The van der Waals surface area contributed by atoms with Crippen molar-refractivity contribution in [2.75, 3.05) is 20.2 Å². The fraction of sp³-hybridized carbons (Fsp3) is 0.368. The molecule has 1 aliphatic rings. The summed E-state index contributed by atoms with van der Waals surface area (Å²) in [7, 11) is 1.65. The monoisotopic (exact) mass is 358 g/mol. The molecule has 5 nitrogen and oxygen atoms in total. The van der Waals surface area contributed by atoms with Gasteiger partial charge in [-0.3, -0.25) is 9.59 Å². The van der Waals surface area contributed by atoms with Gasteiger partial charge in [0.2, 0.25) is 5.91 Å². The topological polar surface area (TPSA) is 72.6 Å². The number of hydrogen-bond acceptors (Lipinski definition) is 4. The molecule has 2 heterocycles. The highest BCUT2D eigenvalue weighted by Gasteiger charge is 2.27. The largest absolute Gasteiger partial charge is 0.379 e. The van der Waals surface area contributed by atoms with Crippen molar-refractivity contribution in [2.45, 2.75) is 19.4 Å². The Morgan fingerprint density at radius 3 is 2.92 bits per heavy atom. The summed E-state index contributed by atoms with van der Waals surface area (Å²) in [6, 6.07) is 11.3. The van der Waals surface area contributed by atoms with Crippen molar-refractivity contribution < 1.29 is 14.3 Å². The molecule has 2 amide bonds. The molecule has 0 aliphatic carbocycles. The van der Waals surface area contributed by atoms with Crippen LogP contribution in [0.3, 0.4) is 0 Å². The van der Waals surface area contributed by atoms with Gasteiger partial charge in [-0.2, -0.15) is 0 Å². The average molecular weight is 358 g/mol. The second-order valence-corrected chi connectivity index (χ2v) is 7.54. The van der Waals surface area contributed by atoms with Crippen LogP contribution >= 0.6 is 11.3 Å². The van der Waals surface area contributed by atoms with E-state index in [1.165, 1.54) is 11.3 Å². The first-order chi connectivity index (χ1) is 12.1. The Morgan fingerprint density at radius 2 is 2.16 bits per heavy atom. The maximum absolute atomic E-state index is 12.6. The quantitative estimate of drug-likeness (QED) is 0.863. The number of nitrogens with two attached hydrogens (primary N) is 1. The van der Waals surface area contributed by atoms with Gasteiger partial charge in [-0.1, -0.05) is 12.1 Å². The van der Waals surface area contributed by atoms with E-state index in [4.69, 9.17) is 10.5 Å². The van der Waals surface area contributed by atoms with Crippen molar-refractivity contribution in [1.29, 1.82) is 0 Å². The highest BCUT2D eigenvalue weighted by Crippen LogP contribution is 2.25. The van der Waals surface area contributed by atoms with Crippen LogP contribution in [0.2, 0.25) is 0 Å². The number of benzene rings is 1. The molecule has 2 N–H and O–H groups in total. The summed E-state index contributed by atoms with van der Waals surface area (Å²) in [4.78, 5) is 27.7. The van der Waals surface area contributed by atoms with Crippen molar-refractivity contribution in [3.05, 3.63) is 57.3 Å². The molecule has 3 rings (SSSR count). The van der Waals surface area contributed by atoms with E-state index in [0.717, 1.165) is 41.2 Å². The summed E-state index contributed by atoms with van der Waals surface area (Å²) in [5.74, 6) is 0.0980. The molecule has 0 bridgehead atoms. The Bertz CT molecular complexity index is 772. The third-order valence-electron chi connectivity index (χ3n) is 4.47. The molecule has 0 unspecified atom stereocenters. The second kappa shape index (κ2) is 7.80. The molecule has 25 heavy (non-hydrogen) atoms. The van der Waals surface area contributed by atoms with E-state index < -0.39 is 5.91 Å². The van der Waals surface area contributed by atoms with Gasteiger partial charge in [-0.15, -0.1) is 11.3 Å². The minimum atomic E-state index is -0.408. The zero-order valence-corrected chi connectivity index (χ0v) is 15.1. The first kappa shape index (κ1) is 17.6. The number of primary amides is 1. The lowest BCUT2D eigenvalue weighted by molar-refractivity contribution is 0.0791. The first-order valence-electron chi connectivity index (χ1n) is 8.32. The molecule has 1 aromatic heterocycles. The van der Waals surface area contributed by atoms with Gasteiger partial charge in [0.1, 0.15) is 0 Å². The smallest absolute Gasteiger partial charge is 0.263 e. The predicted molar refractivity (Wildman–Crippen MR) is 97.7 cm³/mol. The summed E-state index contributed by atoms with van der Waals surface area (Å²) < 4.78 is 5.11. The maximum atomic E-state index is 12.6. The van der Waals surface area contributed by atoms with Crippen molar-refractivity contribution in [3.63, 3.8) is 0 Å². The summed E-state index contributed by atoms with van der Waals surface area (Å²) in [6.45, 7) is 2.06. The Balaban J connectivity index is 1.60. The van der Waals surface area contributed by atoms with Crippen LogP contribution in [0.5, 0.6) is 0 Å². The lowest BCUT2D eigenvalue weighted by Gasteiger charge is -2.16. The van der Waals surface area contributed by atoms with Crippen molar-refractivity contribution in [2.24, 2.45) is 11.7 Å². The van der Waals surface area contributed by atoms with E-state index in [9.17, 15) is 9.59 Å². The third kappa shape index (κ3) is 4.27. The van der Waals surface area contributed by atoms with Gasteiger partial charge in [-0.25, -0.2) is 0 Å². The lowest BCUT2D eigenvalue weighted by Crippen LogP contribution is -2.28. The zero-order valence-electron chi connectivity index (χ0n) is 14.2. The van der Waals surface area contributed by atoms with Gasteiger partial charge in [0.25, 0.3) is 5.91 Å². The first-order valence-corrected chi connectivity index (χ1v) is 9.14. The van der Waals surface area contributed by atoms with Crippen LogP contribution in [-0.2, 0) is 17.8 Å². The van der Waals surface area contributed by atoms with Gasteiger partial charge in [0.15, 0.2) is 0 Å². The number of methoxy groups -OCH3 is 1. The molecular formula is C19H22N2O3S. The van der Waals surface area contributed by atoms with E-state index in [0.29, 0.717) is 18.1 Å². The number of thiophene rings is 1. The van der Waals surface area contributed by atoms with E-state index in [-0.39, 0.29) is 5.91 Å². The van der Waals surface area contributed by atoms with Gasteiger partial charge in [0, 0.05) is 30.6 Å². The van der Waals surface area contributed by atoms with Crippen LogP contribution in [0.1, 0.15) is 36.9 Å². The Labute approximate surface area is 151 Å². The maximum Gasteiger partial charge on any atom is 0.263 e. The molecule has 2 aromatic rings. The van der Waals surface area contributed by atoms with Crippen molar-refractivity contribution >= 4 is 23.2 Å². The predicted octanol–water partition coefficient (Wildman–Crippen LogP) is 2.70. The number of ether oxygens (including phenoxy) is 1. The van der Waals surface area contributed by atoms with Gasteiger partial charge < -0.3 is 15.4 Å². The molecule has 1 saturated heterocycles. The Morgan fingerprint density at radius 1 is 1.32 bits per heavy atom. The average Bonchev–Trinajstić information content (AvgIpc) is 3.24. The number of rotatable bonds is 6. The van der Waals surface area contributed by atoms with Crippen LogP contribution in [-0.4, -0.2) is 36.9 Å². The van der Waals surface area contributed by atoms with Gasteiger partial charge >= 0.3 is 0 Å². The van der Waals surface area contributed by atoms with E-state index in [1.54, 1.807) is 13.2 Å². The molecule has 1 atom stereocenters. The third-order valence-corrected chi connectivity index (χ3v) is 5.51. The standard InChI is InChI=1S/C19H22N2O3S/c1-24-12-16-5-6-17(25-16)19(23)21-8-7-14(11-21)9-13-3-2-4-15(10-13)18(20)22/h2-6,10,14H,7-9,11-12H2,1H3,(H2,20,22)/t14-/m0/s1. The molecular weight excluding hydrogens is 336 g/mol. The molecule has 0 saturated carbocycles. The van der Waals surface area contributed by atoms with E-state index in [2.05, 4.69) is 0 Å². The normalized spacial score (nSPS) is 17.0. The molecule has 1 aromatic carbocycles.